The molecule has 0 spiro atoms. The fourth-order valence-electron chi connectivity index (χ4n) is 4.08. The number of rotatable bonds is 5. The van der Waals surface area contributed by atoms with Crippen molar-refractivity contribution in [3.63, 3.8) is 0 Å². The summed E-state index contributed by atoms with van der Waals surface area (Å²) in [4.78, 5) is 22.5. The molecule has 0 saturated heterocycles. The highest BCUT2D eigenvalue weighted by Crippen LogP contribution is 2.43. The molecular formula is C26H21F3N4O2. The molecule has 35 heavy (non-hydrogen) atoms. The van der Waals surface area contributed by atoms with Crippen LogP contribution in [-0.4, -0.2) is 27.0 Å². The number of hydrogen-bond donors (Lipinski definition) is 0. The Kier molecular flexibility index (Phi) is 6.56. The number of aryl methyl sites for hydroxylation is 2. The lowest BCUT2D eigenvalue weighted by atomic mass is 9.88. The molecule has 0 radical (unpaired) electrons. The van der Waals surface area contributed by atoms with Gasteiger partial charge in [0, 0.05) is 25.4 Å². The number of halogens is 3. The summed E-state index contributed by atoms with van der Waals surface area (Å²) in [7, 11) is 0. The molecule has 0 aliphatic carbocycles. The minimum Gasteiger partial charge on any atom is -0.424 e. The van der Waals surface area contributed by atoms with Crippen molar-refractivity contribution in [3.05, 3.63) is 94.3 Å². The van der Waals surface area contributed by atoms with Crippen molar-refractivity contribution in [2.24, 2.45) is 0 Å². The molecule has 9 heteroatoms. The first-order valence-corrected chi connectivity index (χ1v) is 10.8. The van der Waals surface area contributed by atoms with E-state index in [1.807, 2.05) is 32.0 Å². The van der Waals surface area contributed by atoms with Crippen LogP contribution in [0.3, 0.4) is 0 Å². The van der Waals surface area contributed by atoms with E-state index < -0.39 is 35.7 Å². The molecule has 0 N–H and O–H groups in total. The number of hydrogen-bond acceptors (Lipinski definition) is 5. The van der Waals surface area contributed by atoms with E-state index in [-0.39, 0.29) is 12.6 Å². The molecule has 2 heterocycles. The normalized spacial score (nSPS) is 16.3. The van der Waals surface area contributed by atoms with Crippen LogP contribution in [0.2, 0.25) is 0 Å². The van der Waals surface area contributed by atoms with E-state index >= 15 is 0 Å². The molecular weight excluding hydrogens is 457 g/mol. The van der Waals surface area contributed by atoms with Gasteiger partial charge in [0.1, 0.15) is 17.4 Å². The largest absolute Gasteiger partial charge is 0.424 e. The van der Waals surface area contributed by atoms with Crippen molar-refractivity contribution in [1.29, 1.82) is 5.26 Å². The smallest absolute Gasteiger partial charge is 0.414 e. The summed E-state index contributed by atoms with van der Waals surface area (Å²) in [5.41, 5.74) is 1.26. The number of carbonyl (C=O) groups excluding carboxylic acids is 1. The van der Waals surface area contributed by atoms with Crippen LogP contribution in [0.4, 0.5) is 13.2 Å². The Morgan fingerprint density at radius 2 is 1.80 bits per heavy atom. The Labute approximate surface area is 200 Å². The van der Waals surface area contributed by atoms with E-state index in [2.05, 4.69) is 9.97 Å². The summed E-state index contributed by atoms with van der Waals surface area (Å²) >= 11 is 0. The molecule has 2 aromatic carbocycles. The van der Waals surface area contributed by atoms with Crippen molar-refractivity contribution < 1.29 is 22.7 Å². The van der Waals surface area contributed by atoms with Gasteiger partial charge in [-0.15, -0.1) is 0 Å². The average Bonchev–Trinajstić information content (AvgIpc) is 2.82. The fourth-order valence-corrected chi connectivity index (χ4v) is 4.08. The van der Waals surface area contributed by atoms with Gasteiger partial charge in [0.2, 0.25) is 0 Å². The molecule has 1 atom stereocenters. The Morgan fingerprint density at radius 1 is 1.11 bits per heavy atom. The monoisotopic (exact) mass is 478 g/mol. The highest BCUT2D eigenvalue weighted by atomic mass is 19.4. The maximum Gasteiger partial charge on any atom is 0.414 e. The summed E-state index contributed by atoms with van der Waals surface area (Å²) in [6, 6.07) is 14.4. The summed E-state index contributed by atoms with van der Waals surface area (Å²) in [6.45, 7) is 3.88. The third-order valence-corrected chi connectivity index (χ3v) is 5.86. The number of nitrogens with zero attached hydrogens (tertiary/aromatic N) is 4. The lowest BCUT2D eigenvalue weighted by Crippen LogP contribution is -2.41. The maximum absolute atomic E-state index is 13.8. The number of benzene rings is 2. The molecule has 1 aromatic heterocycles. The molecule has 0 bridgehead atoms. The lowest BCUT2D eigenvalue weighted by molar-refractivity contribution is -0.135. The second-order valence-electron chi connectivity index (χ2n) is 8.25. The number of aromatic nitrogens is 2. The summed E-state index contributed by atoms with van der Waals surface area (Å²) in [5.74, 6) is -0.540. The minimum atomic E-state index is -4.79. The van der Waals surface area contributed by atoms with Crippen molar-refractivity contribution in [3.8, 4) is 17.8 Å². The summed E-state index contributed by atoms with van der Waals surface area (Å²) in [6.07, 6.45) is -2.27. The molecule has 1 amide bonds. The summed E-state index contributed by atoms with van der Waals surface area (Å²) in [5, 5.41) is 9.42. The first kappa shape index (κ1) is 24.0. The predicted octanol–water partition coefficient (Wildman–Crippen LogP) is 5.74. The van der Waals surface area contributed by atoms with Crippen LogP contribution in [0.5, 0.6) is 11.8 Å². The minimum absolute atomic E-state index is 0.0715. The van der Waals surface area contributed by atoms with Crippen molar-refractivity contribution in [2.75, 3.05) is 0 Å². The Hall–Kier alpha value is -4.19. The number of carbonyl (C=O) groups is 1. The Bertz CT molecular complexity index is 1310. The van der Waals surface area contributed by atoms with Gasteiger partial charge in [-0.05, 0) is 48.7 Å². The zero-order valence-electron chi connectivity index (χ0n) is 19.0. The molecule has 4 rings (SSSR count). The van der Waals surface area contributed by atoms with Gasteiger partial charge in [-0.25, -0.2) is 9.97 Å². The third-order valence-electron chi connectivity index (χ3n) is 5.86. The zero-order valence-corrected chi connectivity index (χ0v) is 19.0. The van der Waals surface area contributed by atoms with Crippen LogP contribution in [0.15, 0.2) is 72.1 Å². The van der Waals surface area contributed by atoms with E-state index in [0.29, 0.717) is 11.3 Å². The Balaban J connectivity index is 1.71. The molecule has 178 valence electrons. The molecule has 0 saturated carbocycles. The number of ether oxygens (including phenoxy) is 1. The highest BCUT2D eigenvalue weighted by molar-refractivity contribution is 5.99. The fraction of sp³-hybridized carbons (Fsp3) is 0.231. The van der Waals surface area contributed by atoms with E-state index in [1.54, 1.807) is 30.3 Å². The average molecular weight is 478 g/mol. The van der Waals surface area contributed by atoms with Crippen molar-refractivity contribution in [1.82, 2.24) is 14.9 Å². The molecule has 3 aromatic rings. The quantitative estimate of drug-likeness (QED) is 0.467. The van der Waals surface area contributed by atoms with Crippen LogP contribution < -0.4 is 4.74 Å². The van der Waals surface area contributed by atoms with Gasteiger partial charge in [0.05, 0.1) is 11.6 Å². The molecule has 1 aliphatic heterocycles. The van der Waals surface area contributed by atoms with Gasteiger partial charge < -0.3 is 9.64 Å². The van der Waals surface area contributed by atoms with E-state index in [9.17, 15) is 23.2 Å². The second-order valence-corrected chi connectivity index (χ2v) is 8.25. The van der Waals surface area contributed by atoms with Gasteiger partial charge in [0.25, 0.3) is 5.91 Å². The first-order chi connectivity index (χ1) is 16.7. The molecule has 0 fully saturated rings. The molecule has 1 aliphatic rings. The molecule has 6 nitrogen and oxygen atoms in total. The highest BCUT2D eigenvalue weighted by Gasteiger charge is 2.46. The van der Waals surface area contributed by atoms with E-state index in [4.69, 9.17) is 4.74 Å². The van der Waals surface area contributed by atoms with Crippen LogP contribution in [-0.2, 0) is 11.3 Å². The Morgan fingerprint density at radius 3 is 2.40 bits per heavy atom. The first-order valence-electron chi connectivity index (χ1n) is 10.8. The number of alkyl halides is 3. The van der Waals surface area contributed by atoms with Gasteiger partial charge in [-0.1, -0.05) is 35.9 Å². The van der Waals surface area contributed by atoms with Crippen LogP contribution in [0.1, 0.15) is 34.7 Å². The van der Waals surface area contributed by atoms with E-state index in [1.165, 1.54) is 23.4 Å². The van der Waals surface area contributed by atoms with Gasteiger partial charge in [-0.3, -0.25) is 4.79 Å². The molecule has 1 unspecified atom stereocenters. The topological polar surface area (TPSA) is 79.1 Å². The van der Waals surface area contributed by atoms with Gasteiger partial charge in [0.15, 0.2) is 0 Å². The third kappa shape index (κ3) is 5.17. The maximum atomic E-state index is 13.8. The summed E-state index contributed by atoms with van der Waals surface area (Å²) < 4.78 is 47.0. The van der Waals surface area contributed by atoms with Gasteiger partial charge >= 0.3 is 12.2 Å². The van der Waals surface area contributed by atoms with Crippen molar-refractivity contribution >= 4 is 5.91 Å². The lowest BCUT2D eigenvalue weighted by Gasteiger charge is -2.37. The van der Waals surface area contributed by atoms with E-state index in [0.717, 1.165) is 16.7 Å². The van der Waals surface area contributed by atoms with Gasteiger partial charge in [-0.2, -0.15) is 18.4 Å². The number of nitriles is 1. The SMILES string of the molecule is Cc1ccc(CN2C(=O)C(C#N)=C(C(F)(F)F)CC2c2ccc(Oc3ncccn3)cc2)c(C)c1. The predicted molar refractivity (Wildman–Crippen MR) is 121 cm³/mol. The van der Waals surface area contributed by atoms with Crippen LogP contribution >= 0.6 is 0 Å². The van der Waals surface area contributed by atoms with Crippen molar-refractivity contribution in [2.45, 2.75) is 39.0 Å². The number of amides is 1. The van der Waals surface area contributed by atoms with Crippen LogP contribution in [0.25, 0.3) is 0 Å². The van der Waals surface area contributed by atoms with Crippen LogP contribution in [0, 0.1) is 25.2 Å². The second kappa shape index (κ2) is 9.58. The standard InChI is InChI=1S/C26H21F3N4O2/c1-16-4-5-19(17(2)12-16)15-33-23(13-22(26(27,28)29)21(14-30)24(33)34)18-6-8-20(9-7-18)35-25-31-10-3-11-32-25/h3-12,23H,13,15H2,1-2H3. The zero-order chi connectivity index (χ0) is 25.2.